The normalized spacial score (nSPS) is 39.3. The van der Waals surface area contributed by atoms with Crippen molar-refractivity contribution in [1.82, 2.24) is 0 Å². The van der Waals surface area contributed by atoms with E-state index in [1.54, 1.807) is 0 Å². The largest absolute Gasteiger partial charge is 0.352 e. The standard InChI is InChI=1S/C24H42O2/c1-3-5-6-8-24-25-17-23(18-26-24)22-15-13-21(14-16-22)20-11-9-19(7-4-2)10-12-20/h3,5,19-24H,4,6-18H2,1-2H3. The second-order valence-electron chi connectivity index (χ2n) is 9.25. The molecule has 26 heavy (non-hydrogen) atoms. The van der Waals surface area contributed by atoms with E-state index >= 15 is 0 Å². The first-order valence-electron chi connectivity index (χ1n) is 11.6. The van der Waals surface area contributed by atoms with Crippen LogP contribution in [-0.4, -0.2) is 19.5 Å². The molecule has 2 heteroatoms. The molecule has 0 atom stereocenters. The van der Waals surface area contributed by atoms with Gasteiger partial charge in [0.25, 0.3) is 0 Å². The maximum absolute atomic E-state index is 6.01. The molecule has 3 rings (SSSR count). The van der Waals surface area contributed by atoms with Crippen LogP contribution in [0.5, 0.6) is 0 Å². The molecule has 1 saturated heterocycles. The highest BCUT2D eigenvalue weighted by Gasteiger charge is 2.35. The maximum Gasteiger partial charge on any atom is 0.157 e. The Morgan fingerprint density at radius 2 is 1.27 bits per heavy atom. The summed E-state index contributed by atoms with van der Waals surface area (Å²) in [4.78, 5) is 0. The lowest BCUT2D eigenvalue weighted by Gasteiger charge is -2.41. The SMILES string of the molecule is CC=CCCC1OCC(C2CCC(C3CCC(CCC)CC3)CC2)CO1. The zero-order valence-electron chi connectivity index (χ0n) is 17.3. The van der Waals surface area contributed by atoms with Crippen molar-refractivity contribution in [3.8, 4) is 0 Å². The second-order valence-corrected chi connectivity index (χ2v) is 9.25. The molecule has 0 unspecified atom stereocenters. The Balaban J connectivity index is 1.33. The highest BCUT2D eigenvalue weighted by molar-refractivity contribution is 4.85. The Morgan fingerprint density at radius 1 is 0.731 bits per heavy atom. The summed E-state index contributed by atoms with van der Waals surface area (Å²) < 4.78 is 12.0. The molecule has 0 aromatic rings. The first-order chi connectivity index (χ1) is 12.8. The molecule has 2 saturated carbocycles. The van der Waals surface area contributed by atoms with Crippen molar-refractivity contribution in [1.29, 1.82) is 0 Å². The van der Waals surface area contributed by atoms with Crippen molar-refractivity contribution in [3.63, 3.8) is 0 Å². The Hall–Kier alpha value is -0.340. The monoisotopic (exact) mass is 362 g/mol. The number of hydrogen-bond donors (Lipinski definition) is 0. The van der Waals surface area contributed by atoms with E-state index < -0.39 is 0 Å². The van der Waals surface area contributed by atoms with Crippen LogP contribution in [0.3, 0.4) is 0 Å². The van der Waals surface area contributed by atoms with Crippen molar-refractivity contribution in [2.75, 3.05) is 13.2 Å². The van der Waals surface area contributed by atoms with E-state index in [-0.39, 0.29) is 6.29 Å². The van der Waals surface area contributed by atoms with E-state index in [2.05, 4.69) is 26.0 Å². The minimum atomic E-state index is 0.0390. The van der Waals surface area contributed by atoms with Crippen molar-refractivity contribution in [3.05, 3.63) is 12.2 Å². The van der Waals surface area contributed by atoms with E-state index in [1.807, 2.05) is 0 Å². The van der Waals surface area contributed by atoms with Crippen LogP contribution in [0.4, 0.5) is 0 Å². The first-order valence-corrected chi connectivity index (χ1v) is 11.6. The molecule has 0 N–H and O–H groups in total. The number of hydrogen-bond acceptors (Lipinski definition) is 2. The van der Waals surface area contributed by atoms with Crippen LogP contribution in [0.2, 0.25) is 0 Å². The molecular weight excluding hydrogens is 320 g/mol. The second kappa shape index (κ2) is 10.9. The zero-order valence-corrected chi connectivity index (χ0v) is 17.3. The highest BCUT2D eigenvalue weighted by atomic mass is 16.7. The highest BCUT2D eigenvalue weighted by Crippen LogP contribution is 2.44. The van der Waals surface area contributed by atoms with Gasteiger partial charge in [-0.3, -0.25) is 0 Å². The smallest absolute Gasteiger partial charge is 0.157 e. The number of ether oxygens (including phenoxy) is 2. The van der Waals surface area contributed by atoms with E-state index in [0.717, 1.165) is 49.7 Å². The average molecular weight is 363 g/mol. The fourth-order valence-corrected chi connectivity index (χ4v) is 5.84. The van der Waals surface area contributed by atoms with Gasteiger partial charge in [0.05, 0.1) is 13.2 Å². The molecule has 150 valence electrons. The summed E-state index contributed by atoms with van der Waals surface area (Å²) in [5.41, 5.74) is 0. The molecule has 3 fully saturated rings. The minimum Gasteiger partial charge on any atom is -0.352 e. The third kappa shape index (κ3) is 5.83. The summed E-state index contributed by atoms with van der Waals surface area (Å²) in [6, 6.07) is 0. The lowest BCUT2D eigenvalue weighted by molar-refractivity contribution is -0.212. The van der Waals surface area contributed by atoms with Gasteiger partial charge in [0.1, 0.15) is 0 Å². The topological polar surface area (TPSA) is 18.5 Å². The quantitative estimate of drug-likeness (QED) is 0.467. The molecule has 0 aromatic carbocycles. The van der Waals surface area contributed by atoms with E-state index in [4.69, 9.17) is 9.47 Å². The minimum absolute atomic E-state index is 0.0390. The van der Waals surface area contributed by atoms with E-state index in [0.29, 0.717) is 5.92 Å². The summed E-state index contributed by atoms with van der Waals surface area (Å²) >= 11 is 0. The molecule has 3 aliphatic rings. The van der Waals surface area contributed by atoms with Crippen LogP contribution in [0.15, 0.2) is 12.2 Å². The molecule has 0 radical (unpaired) electrons. The lowest BCUT2D eigenvalue weighted by Crippen LogP contribution is -2.38. The molecule has 0 amide bonds. The van der Waals surface area contributed by atoms with Crippen molar-refractivity contribution in [2.45, 2.75) is 97.2 Å². The average Bonchev–Trinajstić information content (AvgIpc) is 2.70. The van der Waals surface area contributed by atoms with Gasteiger partial charge in [-0.05, 0) is 75.5 Å². The number of allylic oxidation sites excluding steroid dienone is 2. The predicted molar refractivity (Wildman–Crippen MR) is 109 cm³/mol. The molecule has 1 heterocycles. The Kier molecular flexibility index (Phi) is 8.52. The van der Waals surface area contributed by atoms with Gasteiger partial charge in [0.2, 0.25) is 0 Å². The van der Waals surface area contributed by atoms with Gasteiger partial charge in [0, 0.05) is 12.3 Å². The lowest BCUT2D eigenvalue weighted by atomic mass is 9.67. The Morgan fingerprint density at radius 3 is 1.81 bits per heavy atom. The van der Waals surface area contributed by atoms with Gasteiger partial charge >= 0.3 is 0 Å². The summed E-state index contributed by atoms with van der Waals surface area (Å²) in [5.74, 6) is 4.60. The van der Waals surface area contributed by atoms with Gasteiger partial charge < -0.3 is 9.47 Å². The fraction of sp³-hybridized carbons (Fsp3) is 0.917. The van der Waals surface area contributed by atoms with Crippen molar-refractivity contribution in [2.24, 2.45) is 29.6 Å². The third-order valence-electron chi connectivity index (χ3n) is 7.54. The van der Waals surface area contributed by atoms with Crippen molar-refractivity contribution >= 4 is 0 Å². The van der Waals surface area contributed by atoms with Gasteiger partial charge in [-0.1, -0.05) is 44.8 Å². The van der Waals surface area contributed by atoms with E-state index in [9.17, 15) is 0 Å². The van der Waals surface area contributed by atoms with Gasteiger partial charge in [-0.25, -0.2) is 0 Å². The van der Waals surface area contributed by atoms with Gasteiger partial charge in [-0.2, -0.15) is 0 Å². The summed E-state index contributed by atoms with van der Waals surface area (Å²) in [6.45, 7) is 6.28. The van der Waals surface area contributed by atoms with Gasteiger partial charge in [-0.15, -0.1) is 0 Å². The third-order valence-corrected chi connectivity index (χ3v) is 7.54. The van der Waals surface area contributed by atoms with E-state index in [1.165, 1.54) is 64.2 Å². The number of rotatable bonds is 7. The first kappa shape index (κ1) is 20.4. The molecular formula is C24H42O2. The summed E-state index contributed by atoms with van der Waals surface area (Å²) in [6.07, 6.45) is 21.1. The van der Waals surface area contributed by atoms with Crippen LogP contribution in [0, 0.1) is 29.6 Å². The van der Waals surface area contributed by atoms with Crippen molar-refractivity contribution < 1.29 is 9.47 Å². The van der Waals surface area contributed by atoms with Crippen LogP contribution in [0.25, 0.3) is 0 Å². The Labute approximate surface area is 162 Å². The summed E-state index contributed by atoms with van der Waals surface area (Å²) in [7, 11) is 0. The van der Waals surface area contributed by atoms with Crippen LogP contribution in [0.1, 0.15) is 90.9 Å². The Bertz CT molecular complexity index is 394. The predicted octanol–water partition coefficient (Wildman–Crippen LogP) is 6.74. The van der Waals surface area contributed by atoms with Gasteiger partial charge in [0.15, 0.2) is 6.29 Å². The molecule has 2 aliphatic carbocycles. The molecule has 0 aromatic heterocycles. The molecule has 0 bridgehead atoms. The zero-order chi connectivity index (χ0) is 18.2. The summed E-state index contributed by atoms with van der Waals surface area (Å²) in [5, 5.41) is 0. The van der Waals surface area contributed by atoms with Crippen LogP contribution >= 0.6 is 0 Å². The molecule has 0 spiro atoms. The maximum atomic E-state index is 6.01. The van der Waals surface area contributed by atoms with Crippen LogP contribution < -0.4 is 0 Å². The molecule has 1 aliphatic heterocycles. The van der Waals surface area contributed by atoms with Crippen LogP contribution in [-0.2, 0) is 9.47 Å². The fourth-order valence-electron chi connectivity index (χ4n) is 5.84. The molecule has 2 nitrogen and oxygen atoms in total.